The molecule has 0 atom stereocenters. The van der Waals surface area contributed by atoms with Gasteiger partial charge in [0, 0.05) is 5.02 Å². The molecular formula is C13H12BClO3. The van der Waals surface area contributed by atoms with Gasteiger partial charge in [-0.3, -0.25) is 4.81 Å². The monoisotopic (exact) mass is 262 g/mol. The molecule has 5 heteroatoms. The molecule has 2 rings (SSSR count). The van der Waals surface area contributed by atoms with Crippen molar-refractivity contribution in [2.75, 3.05) is 0 Å². The van der Waals surface area contributed by atoms with Gasteiger partial charge in [0.25, 0.3) is 0 Å². The Labute approximate surface area is 111 Å². The first-order valence-electron chi connectivity index (χ1n) is 5.51. The van der Waals surface area contributed by atoms with Crippen LogP contribution in [0, 0.1) is 0 Å². The molecule has 2 aromatic carbocycles. The van der Waals surface area contributed by atoms with Crippen molar-refractivity contribution < 1.29 is 14.7 Å². The fourth-order valence-electron chi connectivity index (χ4n) is 1.46. The third kappa shape index (κ3) is 3.86. The van der Waals surface area contributed by atoms with E-state index < -0.39 is 7.12 Å². The van der Waals surface area contributed by atoms with Crippen molar-refractivity contribution in [2.24, 2.45) is 0 Å². The highest BCUT2D eigenvalue weighted by molar-refractivity contribution is 6.60. The molecule has 0 spiro atoms. The van der Waals surface area contributed by atoms with Gasteiger partial charge in [0.15, 0.2) is 0 Å². The molecule has 0 aliphatic rings. The van der Waals surface area contributed by atoms with E-state index in [4.69, 9.17) is 21.3 Å². The van der Waals surface area contributed by atoms with E-state index in [0.717, 1.165) is 5.56 Å². The maximum atomic E-state index is 9.72. The zero-order valence-corrected chi connectivity index (χ0v) is 10.4. The molecule has 0 fully saturated rings. The standard InChI is InChI=1S/C13H12BClO3/c15-13-8-4-7-12(9-13)14(16)18-17-10-11-5-2-1-3-6-11/h1-9,16H,10H2. The normalized spacial score (nSPS) is 10.3. The van der Waals surface area contributed by atoms with E-state index in [2.05, 4.69) is 0 Å². The van der Waals surface area contributed by atoms with Gasteiger partial charge in [-0.2, -0.15) is 0 Å². The zero-order valence-electron chi connectivity index (χ0n) is 9.62. The number of hydrogen-bond donors (Lipinski definition) is 1. The maximum absolute atomic E-state index is 9.72. The fraction of sp³-hybridized carbons (Fsp3) is 0.0769. The molecule has 1 N–H and O–H groups in total. The molecule has 0 unspecified atom stereocenters. The molecule has 0 aliphatic carbocycles. The minimum atomic E-state index is -1.15. The summed E-state index contributed by atoms with van der Waals surface area (Å²) in [6.45, 7) is 0.276. The number of rotatable bonds is 5. The maximum Gasteiger partial charge on any atom is 0.523 e. The lowest BCUT2D eigenvalue weighted by Crippen LogP contribution is -2.33. The summed E-state index contributed by atoms with van der Waals surface area (Å²) in [5.41, 5.74) is 1.52. The summed E-state index contributed by atoms with van der Waals surface area (Å²) in [6, 6.07) is 16.4. The number of hydrogen-bond acceptors (Lipinski definition) is 3. The molecule has 0 heterocycles. The van der Waals surface area contributed by atoms with Crippen LogP contribution in [0.15, 0.2) is 54.6 Å². The van der Waals surface area contributed by atoms with E-state index in [1.807, 2.05) is 30.3 Å². The average Bonchev–Trinajstić information content (AvgIpc) is 2.40. The fourth-order valence-corrected chi connectivity index (χ4v) is 1.66. The second-order valence-electron chi connectivity index (χ2n) is 3.75. The summed E-state index contributed by atoms with van der Waals surface area (Å²) in [4.78, 5) is 9.87. The lowest BCUT2D eigenvalue weighted by Gasteiger charge is -2.08. The molecule has 0 saturated heterocycles. The SMILES string of the molecule is OB(OOCc1ccccc1)c1cccc(Cl)c1. The van der Waals surface area contributed by atoms with Gasteiger partial charge in [-0.25, -0.2) is 4.89 Å². The average molecular weight is 263 g/mol. The van der Waals surface area contributed by atoms with Crippen LogP contribution in [0.3, 0.4) is 0 Å². The van der Waals surface area contributed by atoms with E-state index in [-0.39, 0.29) is 6.61 Å². The molecule has 0 radical (unpaired) electrons. The van der Waals surface area contributed by atoms with Crippen LogP contribution in [-0.4, -0.2) is 12.1 Å². The Balaban J connectivity index is 1.83. The molecule has 3 nitrogen and oxygen atoms in total. The second-order valence-corrected chi connectivity index (χ2v) is 4.19. The Morgan fingerprint density at radius 1 is 1.06 bits per heavy atom. The summed E-state index contributed by atoms with van der Waals surface area (Å²) in [5, 5.41) is 10.3. The highest BCUT2D eigenvalue weighted by atomic mass is 35.5. The Morgan fingerprint density at radius 2 is 1.83 bits per heavy atom. The van der Waals surface area contributed by atoms with Crippen molar-refractivity contribution >= 4 is 24.2 Å². The van der Waals surface area contributed by atoms with Crippen molar-refractivity contribution in [1.82, 2.24) is 0 Å². The van der Waals surface area contributed by atoms with E-state index in [0.29, 0.717) is 10.5 Å². The third-order valence-corrected chi connectivity index (χ3v) is 2.60. The first-order valence-corrected chi connectivity index (χ1v) is 5.89. The Bertz CT molecular complexity index is 493. The van der Waals surface area contributed by atoms with E-state index in [1.165, 1.54) is 0 Å². The van der Waals surface area contributed by atoms with Crippen molar-refractivity contribution in [3.63, 3.8) is 0 Å². The van der Waals surface area contributed by atoms with Gasteiger partial charge < -0.3 is 5.02 Å². The summed E-state index contributed by atoms with van der Waals surface area (Å²) in [7, 11) is -1.15. The van der Waals surface area contributed by atoms with E-state index in [9.17, 15) is 5.02 Å². The van der Waals surface area contributed by atoms with Gasteiger partial charge >= 0.3 is 7.12 Å². The Kier molecular flexibility index (Phi) is 4.78. The molecule has 2 aromatic rings. The summed E-state index contributed by atoms with van der Waals surface area (Å²) >= 11 is 5.81. The van der Waals surface area contributed by atoms with Crippen LogP contribution in [0.5, 0.6) is 0 Å². The van der Waals surface area contributed by atoms with Crippen molar-refractivity contribution in [2.45, 2.75) is 6.61 Å². The van der Waals surface area contributed by atoms with Gasteiger partial charge in [-0.1, -0.05) is 54.1 Å². The quantitative estimate of drug-likeness (QED) is 0.510. The lowest BCUT2D eigenvalue weighted by atomic mass is 9.80. The molecule has 0 aliphatic heterocycles. The topological polar surface area (TPSA) is 38.7 Å². The van der Waals surface area contributed by atoms with Gasteiger partial charge in [-0.05, 0) is 23.2 Å². The predicted molar refractivity (Wildman–Crippen MR) is 71.4 cm³/mol. The van der Waals surface area contributed by atoms with Gasteiger partial charge in [0.2, 0.25) is 0 Å². The van der Waals surface area contributed by atoms with Crippen LogP contribution in [-0.2, 0) is 16.3 Å². The zero-order chi connectivity index (χ0) is 12.8. The van der Waals surface area contributed by atoms with E-state index in [1.54, 1.807) is 24.3 Å². The van der Waals surface area contributed by atoms with Crippen LogP contribution >= 0.6 is 11.6 Å². The highest BCUT2D eigenvalue weighted by Crippen LogP contribution is 2.05. The highest BCUT2D eigenvalue weighted by Gasteiger charge is 2.17. The molecule has 18 heavy (non-hydrogen) atoms. The molecular weight excluding hydrogens is 250 g/mol. The van der Waals surface area contributed by atoms with Crippen molar-refractivity contribution in [3.05, 3.63) is 65.2 Å². The van der Waals surface area contributed by atoms with Gasteiger partial charge in [0.05, 0.1) is 0 Å². The minimum absolute atomic E-state index is 0.276. The molecule has 0 amide bonds. The predicted octanol–water partition coefficient (Wildman–Crippen LogP) is 2.18. The van der Waals surface area contributed by atoms with Crippen LogP contribution in [0.1, 0.15) is 5.56 Å². The van der Waals surface area contributed by atoms with Crippen LogP contribution < -0.4 is 5.46 Å². The molecule has 0 aromatic heterocycles. The smallest absolute Gasteiger partial charge is 0.422 e. The van der Waals surface area contributed by atoms with Gasteiger partial charge in [-0.15, -0.1) is 0 Å². The molecule has 0 bridgehead atoms. The first kappa shape index (κ1) is 13.1. The van der Waals surface area contributed by atoms with Crippen LogP contribution in [0.4, 0.5) is 0 Å². The summed E-state index contributed by atoms with van der Waals surface area (Å²) in [5.74, 6) is 0. The second kappa shape index (κ2) is 6.57. The molecule has 0 saturated carbocycles. The summed E-state index contributed by atoms with van der Waals surface area (Å²) < 4.78 is 0. The molecule has 92 valence electrons. The van der Waals surface area contributed by atoms with Gasteiger partial charge in [0.1, 0.15) is 6.61 Å². The largest absolute Gasteiger partial charge is 0.523 e. The van der Waals surface area contributed by atoms with Crippen molar-refractivity contribution in [3.8, 4) is 0 Å². The minimum Gasteiger partial charge on any atom is -0.422 e. The number of halogens is 1. The summed E-state index contributed by atoms with van der Waals surface area (Å²) in [6.07, 6.45) is 0. The van der Waals surface area contributed by atoms with E-state index >= 15 is 0 Å². The first-order chi connectivity index (χ1) is 8.75. The Morgan fingerprint density at radius 3 is 2.56 bits per heavy atom. The van der Waals surface area contributed by atoms with Crippen molar-refractivity contribution in [1.29, 1.82) is 0 Å². The lowest BCUT2D eigenvalue weighted by molar-refractivity contribution is -0.231. The van der Waals surface area contributed by atoms with Crippen LogP contribution in [0.25, 0.3) is 0 Å². The third-order valence-electron chi connectivity index (χ3n) is 2.36. The Hall–Kier alpha value is -1.33. The number of benzene rings is 2. The van der Waals surface area contributed by atoms with Crippen LogP contribution in [0.2, 0.25) is 5.02 Å².